The second kappa shape index (κ2) is 29.5. The van der Waals surface area contributed by atoms with Crippen LogP contribution in [-0.4, -0.2) is 42.3 Å². The first kappa shape index (κ1) is 48.0. The average Bonchev–Trinajstić information content (AvgIpc) is 3.00. The predicted octanol–water partition coefficient (Wildman–Crippen LogP) is 12.8. The Morgan fingerprint density at radius 3 is 1.14 bits per heavy atom. The van der Waals surface area contributed by atoms with E-state index in [0.717, 1.165) is 77.0 Å². The highest BCUT2D eigenvalue weighted by molar-refractivity contribution is 7.46. The number of hydrogen-bond donors (Lipinski definition) is 2. The van der Waals surface area contributed by atoms with Gasteiger partial charge in [-0.3, -0.25) is 4.52 Å². The highest BCUT2D eigenvalue weighted by Gasteiger charge is 2.19. The Kier molecular flexibility index (Phi) is 28.3. The molecule has 0 amide bonds. The van der Waals surface area contributed by atoms with Gasteiger partial charge in [-0.1, -0.05) is 93.2 Å². The molecule has 286 valence electrons. The van der Waals surface area contributed by atoms with Crippen molar-refractivity contribution in [2.45, 2.75) is 152 Å². The van der Waals surface area contributed by atoms with Crippen molar-refractivity contribution in [1.29, 1.82) is 0 Å². The summed E-state index contributed by atoms with van der Waals surface area (Å²) >= 11 is 0. The normalized spacial score (nSPS) is 14.6. The lowest BCUT2D eigenvalue weighted by Crippen LogP contribution is -2.25. The Labute approximate surface area is 307 Å². The summed E-state index contributed by atoms with van der Waals surface area (Å²) in [7, 11) is -4.60. The van der Waals surface area contributed by atoms with Crippen LogP contribution in [0.2, 0.25) is 0 Å². The van der Waals surface area contributed by atoms with Gasteiger partial charge in [0.25, 0.3) is 0 Å². The molecule has 0 unspecified atom stereocenters. The van der Waals surface area contributed by atoms with E-state index in [1.54, 1.807) is 0 Å². The molecule has 0 spiro atoms. The third-order valence-electron chi connectivity index (χ3n) is 8.35. The number of rotatable bonds is 28. The van der Waals surface area contributed by atoms with Gasteiger partial charge in [0.15, 0.2) is 0 Å². The van der Waals surface area contributed by atoms with E-state index in [-0.39, 0.29) is 13.2 Å². The highest BCUT2D eigenvalue weighted by atomic mass is 31.2. The van der Waals surface area contributed by atoms with Crippen LogP contribution in [0.25, 0.3) is 0 Å². The van der Waals surface area contributed by atoms with Crippen molar-refractivity contribution in [2.75, 3.05) is 26.4 Å². The van der Waals surface area contributed by atoms with Crippen molar-refractivity contribution in [3.8, 4) is 0 Å². The second-order valence-electron chi connectivity index (χ2n) is 14.4. The summed E-state index contributed by atoms with van der Waals surface area (Å²) in [4.78, 5) is 18.4. The Morgan fingerprint density at radius 1 is 0.480 bits per heavy atom. The van der Waals surface area contributed by atoms with E-state index in [9.17, 15) is 14.4 Å². The smallest absolute Gasteiger partial charge is 0.375 e. The van der Waals surface area contributed by atoms with E-state index in [1.165, 1.54) is 44.6 Å². The van der Waals surface area contributed by atoms with Crippen LogP contribution in [0.4, 0.5) is 0 Å². The van der Waals surface area contributed by atoms with Crippen molar-refractivity contribution in [3.05, 3.63) is 93.2 Å². The molecule has 0 aromatic heterocycles. The van der Waals surface area contributed by atoms with Gasteiger partial charge in [0.1, 0.15) is 6.10 Å². The molecule has 2 N–H and O–H groups in total. The van der Waals surface area contributed by atoms with Crippen LogP contribution in [0.5, 0.6) is 0 Å². The van der Waals surface area contributed by atoms with Gasteiger partial charge in [0.2, 0.25) is 0 Å². The monoisotopic (exact) mass is 717 g/mol. The van der Waals surface area contributed by atoms with E-state index >= 15 is 0 Å². The summed E-state index contributed by atoms with van der Waals surface area (Å²) in [5, 5.41) is 0. The second-order valence-corrected chi connectivity index (χ2v) is 15.6. The number of phosphoric ester groups is 1. The van der Waals surface area contributed by atoms with Gasteiger partial charge in [-0.15, -0.1) is 0 Å². The molecule has 0 radical (unpaired) electrons. The molecular weight excluding hydrogens is 643 g/mol. The van der Waals surface area contributed by atoms with Crippen LogP contribution in [0, 0.1) is 0 Å². The third kappa shape index (κ3) is 33.1. The van der Waals surface area contributed by atoms with E-state index < -0.39 is 13.9 Å². The van der Waals surface area contributed by atoms with Gasteiger partial charge < -0.3 is 19.3 Å². The minimum atomic E-state index is -4.60. The van der Waals surface area contributed by atoms with Crippen molar-refractivity contribution in [1.82, 2.24) is 0 Å². The maximum atomic E-state index is 11.3. The van der Waals surface area contributed by atoms with Crippen LogP contribution >= 0.6 is 7.82 Å². The molecule has 0 aliphatic carbocycles. The molecule has 0 aliphatic heterocycles. The number of ether oxygens (including phenoxy) is 2. The number of hydrogen-bond acceptors (Lipinski definition) is 4. The lowest BCUT2D eigenvalue weighted by molar-refractivity contribution is -0.0267. The maximum absolute atomic E-state index is 11.3. The van der Waals surface area contributed by atoms with E-state index in [4.69, 9.17) is 14.0 Å². The minimum Gasteiger partial charge on any atom is -0.375 e. The van der Waals surface area contributed by atoms with Crippen LogP contribution < -0.4 is 0 Å². The molecule has 0 rings (SSSR count). The van der Waals surface area contributed by atoms with Crippen molar-refractivity contribution < 1.29 is 28.3 Å². The predicted molar refractivity (Wildman–Crippen MR) is 215 cm³/mol. The topological polar surface area (TPSA) is 85.2 Å². The summed E-state index contributed by atoms with van der Waals surface area (Å²) in [6.07, 6.45) is 30.2. The first-order valence-electron chi connectivity index (χ1n) is 18.7. The molecule has 1 atom stereocenters. The van der Waals surface area contributed by atoms with Gasteiger partial charge in [-0.2, -0.15) is 0 Å². The van der Waals surface area contributed by atoms with E-state index in [1.807, 2.05) is 6.08 Å². The molecule has 0 aromatic rings. The molecular formula is C43H73O6P. The molecule has 0 fully saturated rings. The van der Waals surface area contributed by atoms with Gasteiger partial charge >= 0.3 is 7.82 Å². The quantitative estimate of drug-likeness (QED) is 0.0476. The standard InChI is InChI=1S/C43H73O6P/c1-35(2)17-11-19-37(5)21-13-23-39(7)25-15-27-41(9)29-31-47-33-43(34-49-50(44,45)46)48-32-30-42(10)28-16-26-40(8)24-14-22-38(6)20-12-18-36(3)4/h17-18,21-22,25-26,29-30,43H,11-16,19-20,23-24,27-28,31-34H2,1-10H3,(H2,44,45,46)/b37-21+,38-22+,39-25+,40-26+,41-29+,42-30+/t43-/m0/s1. The summed E-state index contributed by atoms with van der Waals surface area (Å²) < 4.78 is 27.7. The lowest BCUT2D eigenvalue weighted by atomic mass is 10.0. The van der Waals surface area contributed by atoms with Gasteiger partial charge in [0, 0.05) is 0 Å². The van der Waals surface area contributed by atoms with Crippen LogP contribution in [0.1, 0.15) is 146 Å². The maximum Gasteiger partial charge on any atom is 0.469 e. The molecule has 7 heteroatoms. The Morgan fingerprint density at radius 2 is 0.800 bits per heavy atom. The first-order chi connectivity index (χ1) is 23.6. The zero-order valence-corrected chi connectivity index (χ0v) is 34.4. The van der Waals surface area contributed by atoms with Gasteiger partial charge in [-0.25, -0.2) is 4.57 Å². The van der Waals surface area contributed by atoms with Crippen molar-refractivity contribution in [3.63, 3.8) is 0 Å². The Balaban J connectivity index is 4.60. The van der Waals surface area contributed by atoms with Gasteiger partial charge in [-0.05, 0) is 146 Å². The van der Waals surface area contributed by atoms with Crippen molar-refractivity contribution in [2.24, 2.45) is 0 Å². The molecule has 0 aromatic carbocycles. The highest BCUT2D eigenvalue weighted by Crippen LogP contribution is 2.35. The third-order valence-corrected chi connectivity index (χ3v) is 8.84. The molecule has 0 heterocycles. The minimum absolute atomic E-state index is 0.182. The molecule has 6 nitrogen and oxygen atoms in total. The zero-order chi connectivity index (χ0) is 37.8. The first-order valence-corrected chi connectivity index (χ1v) is 20.2. The van der Waals surface area contributed by atoms with Crippen LogP contribution in [0.15, 0.2) is 93.2 Å². The van der Waals surface area contributed by atoms with E-state index in [0.29, 0.717) is 13.2 Å². The van der Waals surface area contributed by atoms with Crippen LogP contribution in [0.3, 0.4) is 0 Å². The Bertz CT molecular complexity index is 1230. The zero-order valence-electron chi connectivity index (χ0n) is 33.5. The fraction of sp³-hybridized carbons (Fsp3) is 0.628. The van der Waals surface area contributed by atoms with E-state index in [2.05, 4.69) is 112 Å². The average molecular weight is 717 g/mol. The SMILES string of the molecule is CC(C)=CCC/C(C)=C/CC/C(C)=C/CC/C(C)=C/COC[C@@H](COP(=O)(O)O)OC/C=C(\C)CC/C=C(\C)CC/C=C(\C)CCC=C(C)C. The molecule has 50 heavy (non-hydrogen) atoms. The largest absolute Gasteiger partial charge is 0.469 e. The molecule has 0 saturated heterocycles. The number of phosphoric acid groups is 1. The summed E-state index contributed by atoms with van der Waals surface area (Å²) in [6, 6.07) is 0. The fourth-order valence-corrected chi connectivity index (χ4v) is 5.39. The summed E-state index contributed by atoms with van der Waals surface area (Å²) in [5.41, 5.74) is 11.0. The summed E-state index contributed by atoms with van der Waals surface area (Å²) in [6.45, 7) is 22.3. The van der Waals surface area contributed by atoms with Crippen LogP contribution in [-0.2, 0) is 18.6 Å². The van der Waals surface area contributed by atoms with Gasteiger partial charge in [0.05, 0.1) is 26.4 Å². The molecule has 0 aliphatic rings. The molecule has 0 saturated carbocycles. The van der Waals surface area contributed by atoms with Crippen molar-refractivity contribution >= 4 is 7.82 Å². The fourth-order valence-electron chi connectivity index (χ4n) is 5.03. The number of allylic oxidation sites excluding steroid dienone is 14. The molecule has 0 bridgehead atoms. The Hall–Kier alpha value is -2.05. The summed E-state index contributed by atoms with van der Waals surface area (Å²) in [5.74, 6) is 0. The lowest BCUT2D eigenvalue weighted by Gasteiger charge is -2.17.